The first-order chi connectivity index (χ1) is 9.43. The molecule has 0 unspecified atom stereocenters. The minimum absolute atomic E-state index is 0.151. The maximum atomic E-state index is 5.15. The number of methoxy groups -OCH3 is 1. The van der Waals surface area contributed by atoms with Crippen molar-refractivity contribution < 1.29 is 4.74 Å². The third-order valence-corrected chi connectivity index (χ3v) is 3.26. The van der Waals surface area contributed by atoms with Gasteiger partial charge in [-0.05, 0) is 68.2 Å². The van der Waals surface area contributed by atoms with Crippen molar-refractivity contribution >= 4 is 23.5 Å². The number of ether oxygens (including phenoxy) is 1. The van der Waals surface area contributed by atoms with E-state index in [0.717, 1.165) is 5.56 Å². The summed E-state index contributed by atoms with van der Waals surface area (Å²) in [6.07, 6.45) is 1.79. The lowest BCUT2D eigenvalue weighted by Gasteiger charge is -2.13. The number of nitrogens with one attached hydrogen (secondary N) is 2. The first-order valence-electron chi connectivity index (χ1n) is 6.60. The average Bonchev–Trinajstić information content (AvgIpc) is 2.35. The highest BCUT2D eigenvalue weighted by Crippen LogP contribution is 2.13. The molecular weight excluding hydrogens is 270 g/mol. The first-order valence-corrected chi connectivity index (χ1v) is 7.01. The monoisotopic (exact) mass is 293 g/mol. The van der Waals surface area contributed by atoms with Crippen LogP contribution in [-0.4, -0.2) is 31.1 Å². The number of thiocarbonyl (C=S) groups is 1. The Morgan fingerprint density at radius 3 is 2.60 bits per heavy atom. The summed E-state index contributed by atoms with van der Waals surface area (Å²) in [7, 11) is 1.66. The van der Waals surface area contributed by atoms with Gasteiger partial charge in [-0.3, -0.25) is 5.43 Å². The Balaban J connectivity index is 2.57. The predicted molar refractivity (Wildman–Crippen MR) is 88.5 cm³/mol. The molecule has 0 bridgehead atoms. The summed E-state index contributed by atoms with van der Waals surface area (Å²) in [6, 6.07) is 4.44. The van der Waals surface area contributed by atoms with Crippen LogP contribution in [0.25, 0.3) is 0 Å². The molecule has 0 aliphatic rings. The minimum atomic E-state index is 0.151. The van der Waals surface area contributed by atoms with Gasteiger partial charge < -0.3 is 10.1 Å². The predicted octanol–water partition coefficient (Wildman–Crippen LogP) is 2.44. The van der Waals surface area contributed by atoms with Gasteiger partial charge >= 0.3 is 0 Å². The summed E-state index contributed by atoms with van der Waals surface area (Å²) < 4.78 is 5.03. The molecule has 0 fully saturated rings. The normalized spacial score (nSPS) is 12.4. The summed E-state index contributed by atoms with van der Waals surface area (Å²) in [5.41, 5.74) is 7.65. The molecule has 1 aromatic rings. The lowest BCUT2D eigenvalue weighted by Crippen LogP contribution is -2.40. The number of hydrogen-bond acceptors (Lipinski definition) is 3. The standard InChI is InChI=1S/C15H23N3OS/c1-10-6-12(3)14(7-11(10)2)8-16-18-15(20)17-13(4)9-19-5/h6-8,13H,9H2,1-5H3,(H2,17,18,20)/b16-8-/t13-/m1/s1. The molecule has 0 saturated heterocycles. The lowest BCUT2D eigenvalue weighted by molar-refractivity contribution is 0.179. The van der Waals surface area contributed by atoms with Gasteiger partial charge in [0.1, 0.15) is 0 Å². The Bertz CT molecular complexity index is 500. The van der Waals surface area contributed by atoms with Crippen LogP contribution >= 0.6 is 12.2 Å². The Morgan fingerprint density at radius 1 is 1.30 bits per heavy atom. The number of rotatable bonds is 5. The van der Waals surface area contributed by atoms with Crippen molar-refractivity contribution in [2.24, 2.45) is 5.10 Å². The van der Waals surface area contributed by atoms with E-state index in [0.29, 0.717) is 11.7 Å². The molecule has 0 amide bonds. The summed E-state index contributed by atoms with van der Waals surface area (Å²) >= 11 is 5.15. The smallest absolute Gasteiger partial charge is 0.187 e. The zero-order valence-electron chi connectivity index (χ0n) is 12.8. The van der Waals surface area contributed by atoms with Crippen LogP contribution in [0.1, 0.15) is 29.2 Å². The van der Waals surface area contributed by atoms with E-state index in [-0.39, 0.29) is 6.04 Å². The molecule has 5 heteroatoms. The largest absolute Gasteiger partial charge is 0.383 e. The minimum Gasteiger partial charge on any atom is -0.383 e. The first kappa shape index (κ1) is 16.6. The SMILES string of the molecule is COC[C@@H](C)NC(=S)N/N=C\c1cc(C)c(C)cc1C. The molecule has 0 aromatic heterocycles. The second-order valence-corrected chi connectivity index (χ2v) is 5.40. The van der Waals surface area contributed by atoms with Crippen molar-refractivity contribution in [1.29, 1.82) is 0 Å². The van der Waals surface area contributed by atoms with E-state index >= 15 is 0 Å². The molecule has 2 N–H and O–H groups in total. The highest BCUT2D eigenvalue weighted by Gasteiger charge is 2.02. The van der Waals surface area contributed by atoms with Gasteiger partial charge in [-0.25, -0.2) is 0 Å². The van der Waals surface area contributed by atoms with Gasteiger partial charge in [-0.1, -0.05) is 6.07 Å². The van der Waals surface area contributed by atoms with E-state index in [2.05, 4.69) is 48.7 Å². The van der Waals surface area contributed by atoms with Gasteiger partial charge in [0.25, 0.3) is 0 Å². The molecule has 0 spiro atoms. The fourth-order valence-corrected chi connectivity index (χ4v) is 2.08. The zero-order valence-corrected chi connectivity index (χ0v) is 13.6. The fourth-order valence-electron chi connectivity index (χ4n) is 1.83. The van der Waals surface area contributed by atoms with Crippen LogP contribution < -0.4 is 10.7 Å². The molecule has 1 atom stereocenters. The molecule has 1 rings (SSSR count). The molecule has 110 valence electrons. The fraction of sp³-hybridized carbons (Fsp3) is 0.467. The Labute approximate surface area is 126 Å². The number of aryl methyl sites for hydroxylation is 3. The Kier molecular flexibility index (Phi) is 6.61. The van der Waals surface area contributed by atoms with E-state index in [1.165, 1.54) is 16.7 Å². The van der Waals surface area contributed by atoms with Gasteiger partial charge in [0.05, 0.1) is 12.8 Å². The highest BCUT2D eigenvalue weighted by atomic mass is 32.1. The van der Waals surface area contributed by atoms with Crippen molar-refractivity contribution in [3.05, 3.63) is 34.4 Å². The maximum absolute atomic E-state index is 5.15. The summed E-state index contributed by atoms with van der Waals surface area (Å²) in [5, 5.41) is 7.74. The molecule has 20 heavy (non-hydrogen) atoms. The van der Waals surface area contributed by atoms with Crippen LogP contribution in [0, 0.1) is 20.8 Å². The Hall–Kier alpha value is -1.46. The van der Waals surface area contributed by atoms with E-state index < -0.39 is 0 Å². The Morgan fingerprint density at radius 2 is 1.95 bits per heavy atom. The molecule has 1 aromatic carbocycles. The van der Waals surface area contributed by atoms with Crippen LogP contribution in [0.2, 0.25) is 0 Å². The van der Waals surface area contributed by atoms with Crippen molar-refractivity contribution in [1.82, 2.24) is 10.7 Å². The molecule has 0 saturated carbocycles. The molecule has 0 radical (unpaired) electrons. The van der Waals surface area contributed by atoms with Gasteiger partial charge in [0, 0.05) is 13.2 Å². The lowest BCUT2D eigenvalue weighted by atomic mass is 10.0. The quantitative estimate of drug-likeness (QED) is 0.497. The third-order valence-electron chi connectivity index (χ3n) is 3.05. The number of hydrogen-bond donors (Lipinski definition) is 2. The van der Waals surface area contributed by atoms with E-state index in [1.807, 2.05) is 6.92 Å². The third kappa shape index (κ3) is 5.27. The van der Waals surface area contributed by atoms with Crippen LogP contribution in [0.5, 0.6) is 0 Å². The molecule has 0 aliphatic carbocycles. The molecular formula is C15H23N3OS. The van der Waals surface area contributed by atoms with Crippen LogP contribution in [-0.2, 0) is 4.74 Å². The van der Waals surface area contributed by atoms with E-state index in [9.17, 15) is 0 Å². The number of nitrogens with zero attached hydrogens (tertiary/aromatic N) is 1. The molecule has 4 nitrogen and oxygen atoms in total. The van der Waals surface area contributed by atoms with Crippen molar-refractivity contribution in [2.45, 2.75) is 33.7 Å². The van der Waals surface area contributed by atoms with Gasteiger partial charge in [-0.2, -0.15) is 5.10 Å². The average molecular weight is 293 g/mol. The summed E-state index contributed by atoms with van der Waals surface area (Å²) in [5.74, 6) is 0. The van der Waals surface area contributed by atoms with Crippen molar-refractivity contribution in [3.63, 3.8) is 0 Å². The molecule has 0 aliphatic heterocycles. The second-order valence-electron chi connectivity index (χ2n) is 4.99. The van der Waals surface area contributed by atoms with E-state index in [4.69, 9.17) is 17.0 Å². The maximum Gasteiger partial charge on any atom is 0.187 e. The van der Waals surface area contributed by atoms with Crippen LogP contribution in [0.15, 0.2) is 17.2 Å². The highest BCUT2D eigenvalue weighted by molar-refractivity contribution is 7.80. The number of hydrazone groups is 1. The zero-order chi connectivity index (χ0) is 15.1. The van der Waals surface area contributed by atoms with Gasteiger partial charge in [-0.15, -0.1) is 0 Å². The molecule has 0 heterocycles. The van der Waals surface area contributed by atoms with Gasteiger partial charge in [0.15, 0.2) is 5.11 Å². The topological polar surface area (TPSA) is 45.6 Å². The summed E-state index contributed by atoms with van der Waals surface area (Å²) in [4.78, 5) is 0. The number of benzene rings is 1. The van der Waals surface area contributed by atoms with Gasteiger partial charge in [0.2, 0.25) is 0 Å². The van der Waals surface area contributed by atoms with Crippen LogP contribution in [0.4, 0.5) is 0 Å². The van der Waals surface area contributed by atoms with Crippen LogP contribution in [0.3, 0.4) is 0 Å². The van der Waals surface area contributed by atoms with Crippen molar-refractivity contribution in [2.75, 3.05) is 13.7 Å². The van der Waals surface area contributed by atoms with E-state index in [1.54, 1.807) is 13.3 Å². The summed E-state index contributed by atoms with van der Waals surface area (Å²) in [6.45, 7) is 8.87. The van der Waals surface area contributed by atoms with Crippen molar-refractivity contribution in [3.8, 4) is 0 Å². The second kappa shape index (κ2) is 7.97.